The van der Waals surface area contributed by atoms with Gasteiger partial charge in [-0.05, 0) is 48.8 Å². The van der Waals surface area contributed by atoms with Crippen LogP contribution in [0.3, 0.4) is 0 Å². The lowest BCUT2D eigenvalue weighted by atomic mass is 10.1. The van der Waals surface area contributed by atoms with Crippen LogP contribution in [0.1, 0.15) is 11.4 Å². The predicted octanol–water partition coefficient (Wildman–Crippen LogP) is 4.41. The van der Waals surface area contributed by atoms with E-state index in [2.05, 4.69) is 40.4 Å². The maximum absolute atomic E-state index is 13.2. The van der Waals surface area contributed by atoms with Gasteiger partial charge in [0.25, 0.3) is 0 Å². The summed E-state index contributed by atoms with van der Waals surface area (Å²) in [5, 5.41) is 9.24. The van der Waals surface area contributed by atoms with Crippen LogP contribution in [0.5, 0.6) is 0 Å². The topological polar surface area (TPSA) is 58.0 Å². The minimum Gasteiger partial charge on any atom is -0.368 e. The van der Waals surface area contributed by atoms with Crippen molar-refractivity contribution in [2.24, 2.45) is 0 Å². The summed E-state index contributed by atoms with van der Waals surface area (Å²) in [5.74, 6) is 1.44. The van der Waals surface area contributed by atoms with Crippen molar-refractivity contribution in [1.82, 2.24) is 19.6 Å². The highest BCUT2D eigenvalue weighted by molar-refractivity contribution is 9.10. The molecule has 1 saturated heterocycles. The van der Waals surface area contributed by atoms with Crippen LogP contribution >= 0.6 is 27.5 Å². The number of benzene rings is 1. The van der Waals surface area contributed by atoms with Gasteiger partial charge in [0.2, 0.25) is 0 Å². The minimum absolute atomic E-state index is 0.0494. The Bertz CT molecular complexity index is 1000. The van der Waals surface area contributed by atoms with Crippen LogP contribution in [-0.2, 0) is 6.18 Å². The SMILES string of the molecule is Cc1nsc(-c2ccc(N3CCN(c4ccc(Br)c(C(F)(F)F)c4)CC3)nn2)n1. The van der Waals surface area contributed by atoms with Gasteiger partial charge >= 0.3 is 6.18 Å². The molecule has 3 heterocycles. The van der Waals surface area contributed by atoms with E-state index in [1.807, 2.05) is 24.0 Å². The molecule has 152 valence electrons. The number of aromatic nitrogens is 4. The summed E-state index contributed by atoms with van der Waals surface area (Å²) in [4.78, 5) is 8.32. The monoisotopic (exact) mass is 484 g/mol. The van der Waals surface area contributed by atoms with E-state index in [1.165, 1.54) is 23.7 Å². The van der Waals surface area contributed by atoms with Gasteiger partial charge in [0.15, 0.2) is 10.8 Å². The Morgan fingerprint density at radius 3 is 2.31 bits per heavy atom. The Kier molecular flexibility index (Phi) is 5.43. The zero-order valence-corrected chi connectivity index (χ0v) is 17.7. The van der Waals surface area contributed by atoms with Gasteiger partial charge < -0.3 is 9.80 Å². The minimum atomic E-state index is -4.39. The van der Waals surface area contributed by atoms with Crippen molar-refractivity contribution in [2.45, 2.75) is 13.1 Å². The summed E-state index contributed by atoms with van der Waals surface area (Å²) < 4.78 is 43.7. The van der Waals surface area contributed by atoms with Gasteiger partial charge in [-0.3, -0.25) is 0 Å². The number of hydrogen-bond donors (Lipinski definition) is 0. The van der Waals surface area contributed by atoms with E-state index in [0.29, 0.717) is 43.4 Å². The van der Waals surface area contributed by atoms with Gasteiger partial charge in [0, 0.05) is 36.3 Å². The molecule has 0 bridgehead atoms. The van der Waals surface area contributed by atoms with Gasteiger partial charge in [0.1, 0.15) is 11.5 Å². The molecule has 1 aromatic carbocycles. The van der Waals surface area contributed by atoms with Crippen molar-refractivity contribution in [3.8, 4) is 10.7 Å². The lowest BCUT2D eigenvalue weighted by molar-refractivity contribution is -0.138. The second kappa shape index (κ2) is 7.86. The average Bonchev–Trinajstić information content (AvgIpc) is 3.14. The number of hydrogen-bond acceptors (Lipinski definition) is 7. The third-order valence-corrected chi connectivity index (χ3v) is 6.14. The molecular formula is C18H16BrF3N6S. The van der Waals surface area contributed by atoms with E-state index in [1.54, 1.807) is 6.07 Å². The highest BCUT2D eigenvalue weighted by Gasteiger charge is 2.33. The fraction of sp³-hybridized carbons (Fsp3) is 0.333. The molecule has 4 rings (SSSR count). The highest BCUT2D eigenvalue weighted by Crippen LogP contribution is 2.37. The van der Waals surface area contributed by atoms with Crippen molar-refractivity contribution in [1.29, 1.82) is 0 Å². The molecule has 2 aromatic heterocycles. The van der Waals surface area contributed by atoms with Crippen LogP contribution in [0.15, 0.2) is 34.8 Å². The van der Waals surface area contributed by atoms with Crippen molar-refractivity contribution in [2.75, 3.05) is 36.0 Å². The van der Waals surface area contributed by atoms with E-state index < -0.39 is 11.7 Å². The normalized spacial score (nSPS) is 15.1. The molecule has 11 heteroatoms. The summed E-state index contributed by atoms with van der Waals surface area (Å²) in [7, 11) is 0. The Labute approximate surface area is 177 Å². The quantitative estimate of drug-likeness (QED) is 0.548. The molecule has 0 aliphatic carbocycles. The van der Waals surface area contributed by atoms with Crippen LogP contribution in [0.2, 0.25) is 0 Å². The zero-order valence-electron chi connectivity index (χ0n) is 15.3. The standard InChI is InChI=1S/C18H16BrF3N6S/c1-11-23-17(29-26-11)15-4-5-16(25-24-15)28-8-6-27(7-9-28)12-2-3-14(19)13(10-12)18(20,21)22/h2-5,10H,6-9H2,1H3. The van der Waals surface area contributed by atoms with Gasteiger partial charge in [-0.2, -0.15) is 17.5 Å². The molecule has 29 heavy (non-hydrogen) atoms. The van der Waals surface area contributed by atoms with E-state index >= 15 is 0 Å². The first-order chi connectivity index (χ1) is 13.8. The van der Waals surface area contributed by atoms with Gasteiger partial charge in [-0.25, -0.2) is 4.98 Å². The lowest BCUT2D eigenvalue weighted by Crippen LogP contribution is -2.47. The fourth-order valence-electron chi connectivity index (χ4n) is 3.13. The molecular weight excluding hydrogens is 469 g/mol. The number of rotatable bonds is 3. The molecule has 0 unspecified atom stereocenters. The maximum Gasteiger partial charge on any atom is 0.417 e. The average molecular weight is 485 g/mol. The maximum atomic E-state index is 13.2. The molecule has 6 nitrogen and oxygen atoms in total. The first-order valence-corrected chi connectivity index (χ1v) is 10.4. The summed E-state index contributed by atoms with van der Waals surface area (Å²) in [6, 6.07) is 8.09. The summed E-state index contributed by atoms with van der Waals surface area (Å²) in [6.07, 6.45) is -4.39. The zero-order chi connectivity index (χ0) is 20.6. The van der Waals surface area contributed by atoms with Gasteiger partial charge in [-0.1, -0.05) is 15.9 Å². The third-order valence-electron chi connectivity index (χ3n) is 4.62. The smallest absolute Gasteiger partial charge is 0.368 e. The second-order valence-electron chi connectivity index (χ2n) is 6.56. The van der Waals surface area contributed by atoms with Gasteiger partial charge in [0.05, 0.1) is 5.56 Å². The van der Waals surface area contributed by atoms with Crippen molar-refractivity contribution in [3.63, 3.8) is 0 Å². The molecule has 0 radical (unpaired) electrons. The number of nitrogens with zero attached hydrogens (tertiary/aromatic N) is 6. The van der Waals surface area contributed by atoms with Crippen LogP contribution < -0.4 is 9.80 Å². The summed E-state index contributed by atoms with van der Waals surface area (Å²) in [6.45, 7) is 4.30. The first kappa shape index (κ1) is 20.0. The van der Waals surface area contributed by atoms with E-state index in [-0.39, 0.29) is 4.47 Å². The largest absolute Gasteiger partial charge is 0.417 e. The highest BCUT2D eigenvalue weighted by atomic mass is 79.9. The molecule has 3 aromatic rings. The fourth-order valence-corrected chi connectivity index (χ4v) is 4.24. The molecule has 1 aliphatic heterocycles. The molecule has 0 spiro atoms. The Morgan fingerprint density at radius 2 is 1.72 bits per heavy atom. The second-order valence-corrected chi connectivity index (χ2v) is 8.17. The summed E-state index contributed by atoms with van der Waals surface area (Å²) in [5.41, 5.74) is 0.576. The van der Waals surface area contributed by atoms with E-state index in [9.17, 15) is 13.2 Å². The van der Waals surface area contributed by atoms with Crippen LogP contribution in [0.25, 0.3) is 10.7 Å². The summed E-state index contributed by atoms with van der Waals surface area (Å²) >= 11 is 4.26. The third kappa shape index (κ3) is 4.35. The van der Waals surface area contributed by atoms with Gasteiger partial charge in [-0.15, -0.1) is 10.2 Å². The number of halogens is 4. The number of alkyl halides is 3. The lowest BCUT2D eigenvalue weighted by Gasteiger charge is -2.36. The van der Waals surface area contributed by atoms with Crippen molar-refractivity contribution in [3.05, 3.63) is 46.2 Å². The Morgan fingerprint density at radius 1 is 1.00 bits per heavy atom. The molecule has 0 amide bonds. The molecule has 0 saturated carbocycles. The molecule has 0 N–H and O–H groups in total. The van der Waals surface area contributed by atoms with Crippen LogP contribution in [0, 0.1) is 6.92 Å². The Balaban J connectivity index is 1.43. The number of anilines is 2. The first-order valence-electron chi connectivity index (χ1n) is 8.82. The predicted molar refractivity (Wildman–Crippen MR) is 109 cm³/mol. The van der Waals surface area contributed by atoms with Crippen LogP contribution in [-0.4, -0.2) is 45.7 Å². The number of aryl methyl sites for hydroxylation is 1. The number of piperazine rings is 1. The molecule has 0 atom stereocenters. The van der Waals surface area contributed by atoms with E-state index in [4.69, 9.17) is 0 Å². The van der Waals surface area contributed by atoms with Crippen LogP contribution in [0.4, 0.5) is 24.7 Å². The Hall–Kier alpha value is -2.27. The molecule has 1 fully saturated rings. The molecule has 1 aliphatic rings. The van der Waals surface area contributed by atoms with E-state index in [0.717, 1.165) is 10.8 Å². The van der Waals surface area contributed by atoms with Crippen molar-refractivity contribution >= 4 is 39.0 Å². The van der Waals surface area contributed by atoms with Crippen molar-refractivity contribution < 1.29 is 13.2 Å².